The lowest BCUT2D eigenvalue weighted by Crippen LogP contribution is -2.16. The lowest BCUT2D eigenvalue weighted by molar-refractivity contribution is 0.0603. The SMILES string of the molecule is COC(=O)c1scc(C)c1C(=O)Nc1ccc(-c2ccccc2)c(C)c1. The maximum atomic E-state index is 12.7. The van der Waals surface area contributed by atoms with Crippen LogP contribution in [0.15, 0.2) is 53.9 Å². The first-order valence-electron chi connectivity index (χ1n) is 8.15. The van der Waals surface area contributed by atoms with E-state index >= 15 is 0 Å². The number of hydrogen-bond acceptors (Lipinski definition) is 4. The smallest absolute Gasteiger partial charge is 0.348 e. The van der Waals surface area contributed by atoms with E-state index in [-0.39, 0.29) is 5.91 Å². The van der Waals surface area contributed by atoms with Gasteiger partial charge in [-0.05, 0) is 53.6 Å². The van der Waals surface area contributed by atoms with Crippen LogP contribution in [0.3, 0.4) is 0 Å². The summed E-state index contributed by atoms with van der Waals surface area (Å²) in [6.07, 6.45) is 0. The van der Waals surface area contributed by atoms with Crippen LogP contribution in [0.4, 0.5) is 5.69 Å². The Labute approximate surface area is 156 Å². The largest absolute Gasteiger partial charge is 0.465 e. The molecule has 3 rings (SSSR count). The van der Waals surface area contributed by atoms with Gasteiger partial charge in [0.25, 0.3) is 5.91 Å². The van der Waals surface area contributed by atoms with Crippen molar-refractivity contribution < 1.29 is 14.3 Å². The molecule has 5 heteroatoms. The van der Waals surface area contributed by atoms with Gasteiger partial charge in [-0.2, -0.15) is 0 Å². The van der Waals surface area contributed by atoms with Crippen LogP contribution in [-0.4, -0.2) is 19.0 Å². The highest BCUT2D eigenvalue weighted by molar-refractivity contribution is 7.12. The fourth-order valence-electron chi connectivity index (χ4n) is 2.85. The molecular weight excluding hydrogens is 346 g/mol. The molecule has 1 aromatic heterocycles. The van der Waals surface area contributed by atoms with Crippen molar-refractivity contribution in [2.75, 3.05) is 12.4 Å². The van der Waals surface area contributed by atoms with Crippen molar-refractivity contribution in [2.45, 2.75) is 13.8 Å². The summed E-state index contributed by atoms with van der Waals surface area (Å²) >= 11 is 1.22. The lowest BCUT2D eigenvalue weighted by atomic mass is 10.00. The molecule has 4 nitrogen and oxygen atoms in total. The summed E-state index contributed by atoms with van der Waals surface area (Å²) < 4.78 is 4.77. The summed E-state index contributed by atoms with van der Waals surface area (Å²) in [5.74, 6) is -0.806. The summed E-state index contributed by atoms with van der Waals surface area (Å²) in [5.41, 5.74) is 5.12. The van der Waals surface area contributed by atoms with Crippen molar-refractivity contribution >= 4 is 28.9 Å². The maximum Gasteiger partial charge on any atom is 0.348 e. The number of nitrogens with one attached hydrogen (secondary N) is 1. The molecule has 0 aliphatic rings. The first-order chi connectivity index (χ1) is 12.5. The first-order valence-corrected chi connectivity index (χ1v) is 9.03. The van der Waals surface area contributed by atoms with Crippen LogP contribution in [0.5, 0.6) is 0 Å². The fourth-order valence-corrected chi connectivity index (χ4v) is 3.81. The predicted octanol–water partition coefficient (Wildman–Crippen LogP) is 5.07. The van der Waals surface area contributed by atoms with E-state index in [1.807, 2.05) is 50.2 Å². The van der Waals surface area contributed by atoms with Gasteiger partial charge in [0.05, 0.1) is 12.7 Å². The fraction of sp³-hybridized carbons (Fsp3) is 0.143. The van der Waals surface area contributed by atoms with Crippen LogP contribution in [0.1, 0.15) is 31.2 Å². The highest BCUT2D eigenvalue weighted by atomic mass is 32.1. The number of rotatable bonds is 4. The number of anilines is 1. The molecule has 1 N–H and O–H groups in total. The zero-order valence-electron chi connectivity index (χ0n) is 14.8. The predicted molar refractivity (Wildman–Crippen MR) is 105 cm³/mol. The Bertz CT molecular complexity index is 961. The zero-order chi connectivity index (χ0) is 18.7. The van der Waals surface area contributed by atoms with Crippen molar-refractivity contribution in [3.8, 4) is 11.1 Å². The topological polar surface area (TPSA) is 55.4 Å². The highest BCUT2D eigenvalue weighted by Gasteiger charge is 2.22. The Morgan fingerprint density at radius 1 is 1.00 bits per heavy atom. The quantitative estimate of drug-likeness (QED) is 0.657. The van der Waals surface area contributed by atoms with Crippen molar-refractivity contribution in [1.29, 1.82) is 0 Å². The molecule has 0 aliphatic heterocycles. The molecule has 0 unspecified atom stereocenters. The summed E-state index contributed by atoms with van der Waals surface area (Å²) in [7, 11) is 1.31. The standard InChI is InChI=1S/C21H19NO3S/c1-13-11-16(9-10-17(13)15-7-5-4-6-8-15)22-20(23)18-14(2)12-26-19(18)21(24)25-3/h4-12H,1-3H3,(H,22,23). The molecule has 0 fully saturated rings. The number of ether oxygens (including phenoxy) is 1. The van der Waals surface area contributed by atoms with Crippen molar-refractivity contribution in [3.63, 3.8) is 0 Å². The van der Waals surface area contributed by atoms with E-state index in [4.69, 9.17) is 4.74 Å². The second-order valence-corrected chi connectivity index (χ2v) is 6.84. The molecule has 1 heterocycles. The van der Waals surface area contributed by atoms with Crippen LogP contribution in [-0.2, 0) is 4.74 Å². The third-order valence-electron chi connectivity index (χ3n) is 4.14. The van der Waals surface area contributed by atoms with Gasteiger partial charge in [0, 0.05) is 5.69 Å². The van der Waals surface area contributed by atoms with E-state index in [1.165, 1.54) is 18.4 Å². The Balaban J connectivity index is 1.86. The van der Waals surface area contributed by atoms with Gasteiger partial charge in [-0.25, -0.2) is 4.79 Å². The first kappa shape index (κ1) is 17.9. The van der Waals surface area contributed by atoms with E-state index in [9.17, 15) is 9.59 Å². The summed E-state index contributed by atoms with van der Waals surface area (Å²) in [4.78, 5) is 24.9. The number of benzene rings is 2. The molecule has 0 atom stereocenters. The number of carbonyl (C=O) groups is 2. The van der Waals surface area contributed by atoms with Gasteiger partial charge >= 0.3 is 5.97 Å². The lowest BCUT2D eigenvalue weighted by Gasteiger charge is -2.11. The minimum absolute atomic E-state index is 0.309. The van der Waals surface area contributed by atoms with Gasteiger partial charge in [-0.1, -0.05) is 36.4 Å². The minimum atomic E-state index is -0.496. The number of esters is 1. The van der Waals surface area contributed by atoms with Crippen LogP contribution in [0.2, 0.25) is 0 Å². The van der Waals surface area contributed by atoms with Gasteiger partial charge in [0.15, 0.2) is 0 Å². The molecule has 0 bridgehead atoms. The third kappa shape index (κ3) is 3.53. The monoisotopic (exact) mass is 365 g/mol. The molecule has 2 aromatic carbocycles. The Morgan fingerprint density at radius 2 is 1.73 bits per heavy atom. The molecule has 0 aliphatic carbocycles. The number of aryl methyl sites for hydroxylation is 2. The van der Waals surface area contributed by atoms with E-state index in [0.29, 0.717) is 16.1 Å². The molecule has 132 valence electrons. The Morgan fingerprint density at radius 3 is 2.38 bits per heavy atom. The van der Waals surface area contributed by atoms with E-state index in [2.05, 4.69) is 17.4 Å². The van der Waals surface area contributed by atoms with Crippen molar-refractivity contribution in [3.05, 3.63) is 75.5 Å². The second kappa shape index (κ2) is 7.54. The van der Waals surface area contributed by atoms with Crippen LogP contribution >= 0.6 is 11.3 Å². The Kier molecular flexibility index (Phi) is 5.19. The number of amides is 1. The van der Waals surface area contributed by atoms with Crippen LogP contribution < -0.4 is 5.32 Å². The van der Waals surface area contributed by atoms with Crippen LogP contribution in [0.25, 0.3) is 11.1 Å². The van der Waals surface area contributed by atoms with Gasteiger partial charge in [0.2, 0.25) is 0 Å². The zero-order valence-corrected chi connectivity index (χ0v) is 15.6. The van der Waals surface area contributed by atoms with Crippen LogP contribution in [0, 0.1) is 13.8 Å². The molecule has 0 saturated carbocycles. The van der Waals surface area contributed by atoms with Gasteiger partial charge < -0.3 is 10.1 Å². The summed E-state index contributed by atoms with van der Waals surface area (Å²) in [6.45, 7) is 3.81. The van der Waals surface area contributed by atoms with Gasteiger partial charge in [-0.15, -0.1) is 11.3 Å². The van der Waals surface area contributed by atoms with Crippen molar-refractivity contribution in [1.82, 2.24) is 0 Å². The number of thiophene rings is 1. The summed E-state index contributed by atoms with van der Waals surface area (Å²) in [5, 5.41) is 4.67. The maximum absolute atomic E-state index is 12.7. The van der Waals surface area contributed by atoms with Gasteiger partial charge in [0.1, 0.15) is 4.88 Å². The molecule has 0 saturated heterocycles. The average Bonchev–Trinajstić information content (AvgIpc) is 3.03. The minimum Gasteiger partial charge on any atom is -0.465 e. The molecular formula is C21H19NO3S. The van der Waals surface area contributed by atoms with Crippen molar-refractivity contribution in [2.24, 2.45) is 0 Å². The molecule has 1 amide bonds. The third-order valence-corrected chi connectivity index (χ3v) is 5.22. The normalized spacial score (nSPS) is 10.4. The average molecular weight is 365 g/mol. The number of hydrogen-bond donors (Lipinski definition) is 1. The van der Waals surface area contributed by atoms with E-state index in [0.717, 1.165) is 22.3 Å². The molecule has 0 radical (unpaired) electrons. The molecule has 0 spiro atoms. The summed E-state index contributed by atoms with van der Waals surface area (Å²) in [6, 6.07) is 15.9. The Hall–Kier alpha value is -2.92. The second-order valence-electron chi connectivity index (χ2n) is 5.96. The van der Waals surface area contributed by atoms with Gasteiger partial charge in [-0.3, -0.25) is 4.79 Å². The number of methoxy groups -OCH3 is 1. The number of carbonyl (C=O) groups excluding carboxylic acids is 2. The molecule has 3 aromatic rings. The van der Waals surface area contributed by atoms with E-state index in [1.54, 1.807) is 5.38 Å². The molecule has 26 heavy (non-hydrogen) atoms. The highest BCUT2D eigenvalue weighted by Crippen LogP contribution is 2.27. The van der Waals surface area contributed by atoms with E-state index < -0.39 is 5.97 Å².